The van der Waals surface area contributed by atoms with Crippen LogP contribution in [-0.4, -0.2) is 23.3 Å². The van der Waals surface area contributed by atoms with Crippen molar-refractivity contribution in [1.82, 2.24) is 9.97 Å². The van der Waals surface area contributed by atoms with Crippen molar-refractivity contribution in [3.63, 3.8) is 0 Å². The number of hydrogen-bond acceptors (Lipinski definition) is 6. The van der Waals surface area contributed by atoms with Gasteiger partial charge in [-0.1, -0.05) is 35.5 Å². The van der Waals surface area contributed by atoms with Gasteiger partial charge in [0.25, 0.3) is 5.56 Å². The highest BCUT2D eigenvalue weighted by Gasteiger charge is 2.15. The number of halogens is 1. The quantitative estimate of drug-likeness (QED) is 0.479. The minimum absolute atomic E-state index is 0.0466. The Bertz CT molecular complexity index is 1090. The normalized spacial score (nSPS) is 10.4. The summed E-state index contributed by atoms with van der Waals surface area (Å²) in [4.78, 5) is 19.1. The molecule has 0 saturated heterocycles. The van der Waals surface area contributed by atoms with Gasteiger partial charge in [0.1, 0.15) is 18.2 Å². The number of aromatic nitrogens is 2. The molecule has 1 N–H and O–H groups in total. The van der Waals surface area contributed by atoms with E-state index in [1.54, 1.807) is 36.6 Å². The van der Waals surface area contributed by atoms with E-state index in [2.05, 4.69) is 9.97 Å². The Morgan fingerprint density at radius 1 is 1.21 bits per heavy atom. The topological polar surface area (TPSA) is 88.0 Å². The average molecular weight is 414 g/mol. The Hall–Kier alpha value is -2.95. The van der Waals surface area contributed by atoms with Gasteiger partial charge in [-0.3, -0.25) is 4.79 Å². The van der Waals surface area contributed by atoms with E-state index < -0.39 is 5.56 Å². The molecule has 142 valence electrons. The van der Waals surface area contributed by atoms with Crippen molar-refractivity contribution in [2.24, 2.45) is 0 Å². The first-order chi connectivity index (χ1) is 13.5. The van der Waals surface area contributed by atoms with Crippen LogP contribution in [0.5, 0.6) is 11.5 Å². The van der Waals surface area contributed by atoms with Crippen molar-refractivity contribution in [3.8, 4) is 28.8 Å². The lowest BCUT2D eigenvalue weighted by Gasteiger charge is -2.13. The molecule has 0 bridgehead atoms. The van der Waals surface area contributed by atoms with Gasteiger partial charge in [-0.15, -0.1) is 0 Å². The van der Waals surface area contributed by atoms with E-state index in [9.17, 15) is 10.1 Å². The van der Waals surface area contributed by atoms with Crippen molar-refractivity contribution < 1.29 is 9.47 Å². The molecule has 1 heterocycles. The Morgan fingerprint density at radius 2 is 1.96 bits per heavy atom. The second-order valence-electron chi connectivity index (χ2n) is 5.69. The van der Waals surface area contributed by atoms with Crippen molar-refractivity contribution in [2.75, 3.05) is 13.4 Å². The highest BCUT2D eigenvalue weighted by atomic mass is 35.5. The molecule has 0 radical (unpaired) electrons. The SMILES string of the molecule is COc1cc(-c2nc(SC)[nH]c(=O)c2C#N)ccc1OCc1ccc(Cl)cc1. The molecule has 6 nitrogen and oxygen atoms in total. The average Bonchev–Trinajstić information content (AvgIpc) is 2.72. The Kier molecular flexibility index (Phi) is 6.24. The molecule has 0 aliphatic heterocycles. The van der Waals surface area contributed by atoms with Crippen molar-refractivity contribution >= 4 is 23.4 Å². The molecule has 0 aliphatic carbocycles. The Labute approximate surface area is 171 Å². The van der Waals surface area contributed by atoms with Crippen LogP contribution in [0.15, 0.2) is 52.4 Å². The fourth-order valence-electron chi connectivity index (χ4n) is 2.54. The van der Waals surface area contributed by atoms with Crippen molar-refractivity contribution in [3.05, 3.63) is 69.0 Å². The summed E-state index contributed by atoms with van der Waals surface area (Å²) in [6.45, 7) is 0.343. The van der Waals surface area contributed by atoms with E-state index in [-0.39, 0.29) is 5.56 Å². The lowest BCUT2D eigenvalue weighted by Crippen LogP contribution is -2.14. The summed E-state index contributed by atoms with van der Waals surface area (Å²) < 4.78 is 11.3. The van der Waals surface area contributed by atoms with Crippen LogP contribution >= 0.6 is 23.4 Å². The number of methoxy groups -OCH3 is 1. The summed E-state index contributed by atoms with van der Waals surface area (Å²) in [5.41, 5.74) is 1.34. The van der Waals surface area contributed by atoms with E-state index in [1.165, 1.54) is 18.9 Å². The van der Waals surface area contributed by atoms with E-state index >= 15 is 0 Å². The molecule has 1 aromatic heterocycles. The monoisotopic (exact) mass is 413 g/mol. The first kappa shape index (κ1) is 19.8. The van der Waals surface area contributed by atoms with Gasteiger partial charge in [-0.05, 0) is 42.2 Å². The molecule has 0 spiro atoms. The number of thioether (sulfide) groups is 1. The minimum atomic E-state index is -0.473. The third-order valence-electron chi connectivity index (χ3n) is 3.95. The fourth-order valence-corrected chi connectivity index (χ4v) is 3.04. The van der Waals surface area contributed by atoms with Crippen LogP contribution in [0.2, 0.25) is 5.02 Å². The molecular formula is C20H16ClN3O3S. The third kappa shape index (κ3) is 4.30. The van der Waals surface area contributed by atoms with E-state index in [0.29, 0.717) is 39.5 Å². The van der Waals surface area contributed by atoms with Crippen LogP contribution in [0.4, 0.5) is 0 Å². The molecule has 3 rings (SSSR count). The number of ether oxygens (including phenoxy) is 2. The largest absolute Gasteiger partial charge is 0.493 e. The maximum atomic E-state index is 12.1. The summed E-state index contributed by atoms with van der Waals surface area (Å²) in [6.07, 6.45) is 1.79. The van der Waals surface area contributed by atoms with Gasteiger partial charge in [-0.25, -0.2) is 4.98 Å². The van der Waals surface area contributed by atoms with Gasteiger partial charge in [0.05, 0.1) is 12.8 Å². The predicted molar refractivity (Wildman–Crippen MR) is 109 cm³/mol. The van der Waals surface area contributed by atoms with Crippen LogP contribution in [0.1, 0.15) is 11.1 Å². The summed E-state index contributed by atoms with van der Waals surface area (Å²) in [7, 11) is 1.53. The fraction of sp³-hybridized carbons (Fsp3) is 0.150. The van der Waals surface area contributed by atoms with E-state index in [1.807, 2.05) is 18.2 Å². The first-order valence-corrected chi connectivity index (χ1v) is 9.80. The maximum Gasteiger partial charge on any atom is 0.270 e. The van der Waals surface area contributed by atoms with Crippen LogP contribution in [0, 0.1) is 11.3 Å². The highest BCUT2D eigenvalue weighted by Crippen LogP contribution is 2.33. The molecule has 3 aromatic rings. The molecule has 0 saturated carbocycles. The maximum absolute atomic E-state index is 12.1. The number of rotatable bonds is 6. The Morgan fingerprint density at radius 3 is 2.61 bits per heavy atom. The number of nitrogens with one attached hydrogen (secondary N) is 1. The number of nitrogens with zero attached hydrogens (tertiary/aromatic N) is 2. The van der Waals surface area contributed by atoms with Gasteiger partial charge in [-0.2, -0.15) is 5.26 Å². The van der Waals surface area contributed by atoms with Crippen molar-refractivity contribution in [2.45, 2.75) is 11.8 Å². The molecule has 28 heavy (non-hydrogen) atoms. The zero-order valence-corrected chi connectivity index (χ0v) is 16.7. The first-order valence-electron chi connectivity index (χ1n) is 8.19. The molecule has 8 heteroatoms. The number of benzene rings is 2. The number of H-pyrrole nitrogens is 1. The molecule has 0 amide bonds. The number of hydrogen-bond donors (Lipinski definition) is 1. The van der Waals surface area contributed by atoms with E-state index in [4.69, 9.17) is 21.1 Å². The van der Waals surface area contributed by atoms with Crippen molar-refractivity contribution in [1.29, 1.82) is 5.26 Å². The number of aromatic amines is 1. The lowest BCUT2D eigenvalue weighted by atomic mass is 10.1. The van der Waals surface area contributed by atoms with Gasteiger partial charge >= 0.3 is 0 Å². The molecule has 0 unspecified atom stereocenters. The summed E-state index contributed by atoms with van der Waals surface area (Å²) in [6, 6.07) is 14.4. The van der Waals surface area contributed by atoms with Gasteiger partial charge in [0, 0.05) is 10.6 Å². The zero-order valence-electron chi connectivity index (χ0n) is 15.2. The van der Waals surface area contributed by atoms with Crippen LogP contribution < -0.4 is 15.0 Å². The van der Waals surface area contributed by atoms with Crippen LogP contribution in [0.3, 0.4) is 0 Å². The number of nitriles is 1. The molecule has 0 atom stereocenters. The van der Waals surface area contributed by atoms with Crippen LogP contribution in [-0.2, 0) is 6.61 Å². The smallest absolute Gasteiger partial charge is 0.270 e. The van der Waals surface area contributed by atoms with E-state index in [0.717, 1.165) is 5.56 Å². The summed E-state index contributed by atoms with van der Waals surface area (Å²) in [5, 5.41) is 10.4. The zero-order chi connectivity index (χ0) is 20.1. The van der Waals surface area contributed by atoms with Gasteiger partial charge < -0.3 is 14.5 Å². The lowest BCUT2D eigenvalue weighted by molar-refractivity contribution is 0.284. The second kappa shape index (κ2) is 8.83. The molecule has 2 aromatic carbocycles. The summed E-state index contributed by atoms with van der Waals surface area (Å²) in [5.74, 6) is 1.01. The molecular weight excluding hydrogens is 398 g/mol. The van der Waals surface area contributed by atoms with Gasteiger partial charge in [0.15, 0.2) is 16.7 Å². The molecule has 0 aliphatic rings. The third-order valence-corrected chi connectivity index (χ3v) is 4.78. The van der Waals surface area contributed by atoms with Crippen LogP contribution in [0.25, 0.3) is 11.3 Å². The predicted octanol–water partition coefficient (Wildman–Crippen LogP) is 4.27. The highest BCUT2D eigenvalue weighted by molar-refractivity contribution is 7.98. The summed E-state index contributed by atoms with van der Waals surface area (Å²) >= 11 is 7.18. The standard InChI is InChI=1S/C20H16ClN3O3S/c1-26-17-9-13(18-15(10-22)19(25)24-20(23-18)28-2)5-8-16(17)27-11-12-3-6-14(21)7-4-12/h3-9H,11H2,1-2H3,(H,23,24,25). The Balaban J connectivity index is 1.93. The molecule has 0 fully saturated rings. The second-order valence-corrected chi connectivity index (χ2v) is 6.92. The van der Waals surface area contributed by atoms with Gasteiger partial charge in [0.2, 0.25) is 0 Å². The minimum Gasteiger partial charge on any atom is -0.493 e.